The van der Waals surface area contributed by atoms with Crippen LogP contribution >= 0.6 is 0 Å². The van der Waals surface area contributed by atoms with E-state index in [1.807, 2.05) is 6.92 Å². The molecule has 3 heterocycles. The van der Waals surface area contributed by atoms with Crippen molar-refractivity contribution in [2.45, 2.75) is 176 Å². The van der Waals surface area contributed by atoms with Crippen LogP contribution in [0.5, 0.6) is 0 Å². The lowest BCUT2D eigenvalue weighted by molar-refractivity contribution is -0.376. The molecule has 0 amide bonds. The van der Waals surface area contributed by atoms with Gasteiger partial charge in [0.25, 0.3) is 0 Å². The number of esters is 1. The molecule has 7 aliphatic rings. The summed E-state index contributed by atoms with van der Waals surface area (Å²) in [6.45, 7) is 8.81. The molecular weight excluding hydrogens is 728 g/mol. The van der Waals surface area contributed by atoms with E-state index in [0.29, 0.717) is 38.5 Å². The van der Waals surface area contributed by atoms with Crippen LogP contribution in [-0.2, 0) is 33.2 Å². The first-order valence-corrected chi connectivity index (χ1v) is 19.7. The minimum Gasteiger partial charge on any atom is -0.432 e. The maximum atomic E-state index is 14.1. The van der Waals surface area contributed by atoms with Crippen LogP contribution in [0.4, 0.5) is 0 Å². The maximum absolute atomic E-state index is 14.1. The minimum atomic E-state index is -1.70. The summed E-state index contributed by atoms with van der Waals surface area (Å²) in [5, 5.41) is 104. The average Bonchev–Trinajstić information content (AvgIpc) is 3.35. The lowest BCUT2D eigenvalue weighted by Gasteiger charge is -2.64. The van der Waals surface area contributed by atoms with Crippen molar-refractivity contribution in [2.24, 2.45) is 28.1 Å². The Bertz CT molecular complexity index is 1430. The fourth-order valence-electron chi connectivity index (χ4n) is 12.0. The van der Waals surface area contributed by atoms with E-state index in [4.69, 9.17) is 28.4 Å². The van der Waals surface area contributed by atoms with Crippen molar-refractivity contribution in [3.8, 4) is 0 Å². The first-order valence-electron chi connectivity index (χ1n) is 19.7. The SMILES string of the molecule is C=C1C[C@@]23CC[C@H]4[C@@](C)(CCC[C@@]4(C)C(=O)O[C@@H]4O[C@H](CO)[C@@H](O)[C@H](O)[C@H]4O)[C@@H]2CC[C@]1(O[C@@H]1O[C@H](CO)[C@@H](O)[C@H](O)[C@H]1O[C@@H]1O[C@@H](C)[C@H](O)[C@@H](O)[C@H]1O)C3. The number of carbonyl (C=O) groups excluding carboxylic acids is 1. The maximum Gasteiger partial charge on any atom is 0.314 e. The summed E-state index contributed by atoms with van der Waals surface area (Å²) < 4.78 is 35.8. The Morgan fingerprint density at radius 3 is 2.00 bits per heavy atom. The summed E-state index contributed by atoms with van der Waals surface area (Å²) in [6.07, 6.45) is -16.2. The van der Waals surface area contributed by atoms with Crippen molar-refractivity contribution >= 4 is 5.97 Å². The Hall–Kier alpha value is -1.39. The predicted molar refractivity (Wildman–Crippen MR) is 185 cm³/mol. The lowest BCUT2D eigenvalue weighted by atomic mass is 9.41. The Morgan fingerprint density at radius 1 is 0.727 bits per heavy atom. The molecule has 17 heteroatoms. The van der Waals surface area contributed by atoms with Gasteiger partial charge >= 0.3 is 5.97 Å². The van der Waals surface area contributed by atoms with Gasteiger partial charge in [-0.3, -0.25) is 4.79 Å². The molecular formula is C38H60O17. The number of carbonyl (C=O) groups is 1. The highest BCUT2D eigenvalue weighted by Crippen LogP contribution is 2.73. The van der Waals surface area contributed by atoms with Gasteiger partial charge in [0.1, 0.15) is 67.1 Å². The number of fused-ring (bicyclic) bond motifs is 3. The molecule has 0 aromatic heterocycles. The quantitative estimate of drug-likeness (QED) is 0.0730. The summed E-state index contributed by atoms with van der Waals surface area (Å²) >= 11 is 0. The molecule has 55 heavy (non-hydrogen) atoms. The summed E-state index contributed by atoms with van der Waals surface area (Å²) in [5.74, 6) is -0.536. The summed E-state index contributed by atoms with van der Waals surface area (Å²) in [5.41, 5.74) is -1.66. The molecule has 4 saturated carbocycles. The molecule has 0 radical (unpaired) electrons. The molecule has 3 aliphatic heterocycles. The molecule has 21 atom stereocenters. The average molecular weight is 789 g/mol. The van der Waals surface area contributed by atoms with Gasteiger partial charge in [-0.1, -0.05) is 19.9 Å². The third-order valence-corrected chi connectivity index (χ3v) is 14.9. The molecule has 314 valence electrons. The molecule has 2 bridgehead atoms. The minimum absolute atomic E-state index is 0.108. The van der Waals surface area contributed by atoms with E-state index in [9.17, 15) is 55.9 Å². The van der Waals surface area contributed by atoms with Gasteiger partial charge in [-0.25, -0.2) is 0 Å². The van der Waals surface area contributed by atoms with E-state index in [-0.39, 0.29) is 22.7 Å². The number of aliphatic hydroxyl groups excluding tert-OH is 10. The van der Waals surface area contributed by atoms with Crippen molar-refractivity contribution in [3.05, 3.63) is 12.2 Å². The zero-order valence-corrected chi connectivity index (χ0v) is 31.6. The third kappa shape index (κ3) is 6.63. The van der Waals surface area contributed by atoms with Crippen LogP contribution in [0, 0.1) is 28.1 Å². The molecule has 7 rings (SSSR count). The van der Waals surface area contributed by atoms with Crippen molar-refractivity contribution in [1.82, 2.24) is 0 Å². The van der Waals surface area contributed by atoms with E-state index in [1.165, 1.54) is 6.92 Å². The fourth-order valence-corrected chi connectivity index (χ4v) is 12.0. The number of rotatable bonds is 8. The van der Waals surface area contributed by atoms with Gasteiger partial charge in [-0.2, -0.15) is 0 Å². The van der Waals surface area contributed by atoms with Crippen molar-refractivity contribution < 1.29 is 84.3 Å². The fraction of sp³-hybridized carbons (Fsp3) is 0.921. The Labute approximate surface area is 319 Å². The Balaban J connectivity index is 1.10. The first-order chi connectivity index (χ1) is 25.9. The van der Waals surface area contributed by atoms with Gasteiger partial charge < -0.3 is 79.5 Å². The Kier molecular flexibility index (Phi) is 11.4. The van der Waals surface area contributed by atoms with Crippen LogP contribution in [0.25, 0.3) is 0 Å². The van der Waals surface area contributed by atoms with Crippen LogP contribution in [0.3, 0.4) is 0 Å². The largest absolute Gasteiger partial charge is 0.432 e. The molecule has 1 spiro atoms. The lowest BCUT2D eigenvalue weighted by Crippen LogP contribution is -2.65. The van der Waals surface area contributed by atoms with Crippen LogP contribution < -0.4 is 0 Å². The topological polar surface area (TPSA) is 275 Å². The highest BCUT2D eigenvalue weighted by Gasteiger charge is 2.69. The predicted octanol–water partition coefficient (Wildman–Crippen LogP) is -1.91. The van der Waals surface area contributed by atoms with E-state index in [2.05, 4.69) is 13.5 Å². The number of aliphatic hydroxyl groups is 10. The molecule has 4 aliphatic carbocycles. The molecule has 0 aromatic rings. The van der Waals surface area contributed by atoms with E-state index >= 15 is 0 Å². The molecule has 3 saturated heterocycles. The van der Waals surface area contributed by atoms with Gasteiger partial charge in [-0.15, -0.1) is 0 Å². The second-order valence-electron chi connectivity index (χ2n) is 18.0. The molecule has 10 N–H and O–H groups in total. The third-order valence-electron chi connectivity index (χ3n) is 14.9. The van der Waals surface area contributed by atoms with Crippen molar-refractivity contribution in [3.63, 3.8) is 0 Å². The van der Waals surface area contributed by atoms with Crippen LogP contribution in [0.2, 0.25) is 0 Å². The Morgan fingerprint density at radius 2 is 1.33 bits per heavy atom. The highest BCUT2D eigenvalue weighted by molar-refractivity contribution is 5.77. The highest BCUT2D eigenvalue weighted by atomic mass is 16.8. The van der Waals surface area contributed by atoms with Crippen molar-refractivity contribution in [1.29, 1.82) is 0 Å². The first kappa shape index (κ1) is 41.8. The van der Waals surface area contributed by atoms with E-state index in [0.717, 1.165) is 24.8 Å². The van der Waals surface area contributed by atoms with E-state index in [1.54, 1.807) is 0 Å². The van der Waals surface area contributed by atoms with Gasteiger partial charge in [0, 0.05) is 0 Å². The van der Waals surface area contributed by atoms with Crippen LogP contribution in [0.1, 0.15) is 78.6 Å². The number of ether oxygens (including phenoxy) is 6. The van der Waals surface area contributed by atoms with Crippen LogP contribution in [0.15, 0.2) is 12.2 Å². The molecule has 0 unspecified atom stereocenters. The molecule has 7 fully saturated rings. The molecule has 0 aromatic carbocycles. The van der Waals surface area contributed by atoms with Gasteiger partial charge in [0.2, 0.25) is 6.29 Å². The van der Waals surface area contributed by atoms with Gasteiger partial charge in [0.15, 0.2) is 12.6 Å². The van der Waals surface area contributed by atoms with Gasteiger partial charge in [-0.05, 0) is 93.5 Å². The smallest absolute Gasteiger partial charge is 0.314 e. The van der Waals surface area contributed by atoms with Crippen LogP contribution in [-0.4, -0.2) is 168 Å². The number of hydrogen-bond acceptors (Lipinski definition) is 17. The summed E-state index contributed by atoms with van der Waals surface area (Å²) in [6, 6.07) is 0. The summed E-state index contributed by atoms with van der Waals surface area (Å²) in [7, 11) is 0. The second-order valence-corrected chi connectivity index (χ2v) is 18.0. The van der Waals surface area contributed by atoms with Crippen molar-refractivity contribution in [2.75, 3.05) is 13.2 Å². The monoisotopic (exact) mass is 788 g/mol. The summed E-state index contributed by atoms with van der Waals surface area (Å²) in [4.78, 5) is 14.1. The van der Waals surface area contributed by atoms with Gasteiger partial charge in [0.05, 0.1) is 30.3 Å². The zero-order chi connectivity index (χ0) is 40.0. The standard InChI is InChI=1S/C38H60O17/c1-16-12-37-10-6-20-35(3,8-5-9-36(20,4)34(49)54-32-29(48)26(45)23(42)18(13-39)51-32)21(37)7-11-38(16,15-37)55-33-30(27(46)24(43)19(14-40)52-33)53-31-28(47)25(44)22(41)17(2)50-31/h17-33,39-48H,1,5-15H2,2-4H3/t17-,18+,19+,20-,21-,22-,23+,24+,25+,26-,27-,28+,29+,30+,31-,32-,33-,35+,36+,37+,38-/m0/s1. The zero-order valence-electron chi connectivity index (χ0n) is 31.6. The number of hydrogen-bond donors (Lipinski definition) is 10. The van der Waals surface area contributed by atoms with E-state index < -0.39 is 122 Å². The normalized spacial score (nSPS) is 55.4. The second kappa shape index (κ2) is 15.0. The molecule has 17 nitrogen and oxygen atoms in total.